The molecule has 0 aliphatic carbocycles. The average Bonchev–Trinajstić information content (AvgIpc) is 2.54. The molecule has 2 rings (SSSR count). The first kappa shape index (κ1) is 18.9. The van der Waals surface area contributed by atoms with Crippen LogP contribution in [0.2, 0.25) is 0 Å². The highest BCUT2D eigenvalue weighted by atomic mass is 35.5. The number of halogens is 1. The smallest absolute Gasteiger partial charge is 0.164 e. The third-order valence-electron chi connectivity index (χ3n) is 4.18. The molecule has 1 unspecified atom stereocenters. The van der Waals surface area contributed by atoms with Gasteiger partial charge in [-0.25, -0.2) is 0 Å². The Balaban J connectivity index is 0.00000242. The molecule has 1 saturated heterocycles. The number of piperidine rings is 1. The molecule has 22 heavy (non-hydrogen) atoms. The van der Waals surface area contributed by atoms with Gasteiger partial charge in [0, 0.05) is 30.8 Å². The van der Waals surface area contributed by atoms with Crippen LogP contribution >= 0.6 is 12.4 Å². The number of nitrogens with two attached hydrogens (primary N) is 1. The molecule has 1 atom stereocenters. The van der Waals surface area contributed by atoms with Gasteiger partial charge >= 0.3 is 0 Å². The van der Waals surface area contributed by atoms with E-state index in [4.69, 9.17) is 19.9 Å². The lowest BCUT2D eigenvalue weighted by molar-refractivity contribution is 0.143. The number of hydrogen-bond acceptors (Lipinski definition) is 5. The van der Waals surface area contributed by atoms with Crippen molar-refractivity contribution >= 4 is 12.4 Å². The van der Waals surface area contributed by atoms with E-state index in [9.17, 15) is 0 Å². The molecule has 5 nitrogen and oxygen atoms in total. The summed E-state index contributed by atoms with van der Waals surface area (Å²) in [5.41, 5.74) is 7.01. The van der Waals surface area contributed by atoms with Gasteiger partial charge in [0.05, 0.1) is 21.3 Å². The Morgan fingerprint density at radius 1 is 1.05 bits per heavy atom. The molecule has 0 radical (unpaired) electrons. The maximum absolute atomic E-state index is 5.90. The topological polar surface area (TPSA) is 57.0 Å². The van der Waals surface area contributed by atoms with Gasteiger partial charge in [-0.05, 0) is 25.5 Å². The Kier molecular flexibility index (Phi) is 7.79. The molecule has 1 aliphatic heterocycles. The fourth-order valence-electron chi connectivity index (χ4n) is 2.97. The van der Waals surface area contributed by atoms with E-state index in [1.165, 1.54) is 19.3 Å². The zero-order valence-electron chi connectivity index (χ0n) is 13.6. The lowest BCUT2D eigenvalue weighted by atomic mass is 10.0. The fraction of sp³-hybridized carbons (Fsp3) is 0.625. The van der Waals surface area contributed by atoms with Gasteiger partial charge in [0.1, 0.15) is 5.75 Å². The van der Waals surface area contributed by atoms with Gasteiger partial charge < -0.3 is 19.9 Å². The average molecular weight is 331 g/mol. The van der Waals surface area contributed by atoms with Gasteiger partial charge in [0.25, 0.3) is 0 Å². The van der Waals surface area contributed by atoms with E-state index in [-0.39, 0.29) is 12.4 Å². The molecular formula is C16H27ClN2O3. The third kappa shape index (κ3) is 4.18. The van der Waals surface area contributed by atoms with Crippen molar-refractivity contribution in [3.63, 3.8) is 0 Å². The summed E-state index contributed by atoms with van der Waals surface area (Å²) in [4.78, 5) is 2.44. The molecular weight excluding hydrogens is 304 g/mol. The molecule has 0 aromatic heterocycles. The van der Waals surface area contributed by atoms with Crippen molar-refractivity contribution in [3.8, 4) is 17.2 Å². The quantitative estimate of drug-likeness (QED) is 0.868. The Morgan fingerprint density at radius 2 is 1.68 bits per heavy atom. The van der Waals surface area contributed by atoms with Crippen LogP contribution in [0.1, 0.15) is 24.8 Å². The second-order valence-corrected chi connectivity index (χ2v) is 5.37. The molecule has 1 aromatic carbocycles. The van der Waals surface area contributed by atoms with Crippen LogP contribution in [0.5, 0.6) is 17.2 Å². The Morgan fingerprint density at radius 3 is 2.27 bits per heavy atom. The second kappa shape index (κ2) is 9.08. The number of ether oxygens (including phenoxy) is 3. The SMILES string of the molecule is COc1cc(OC)c(OC)cc1CN1CCCCC1CN.Cl. The van der Waals surface area contributed by atoms with Gasteiger partial charge in [-0.2, -0.15) is 0 Å². The molecule has 2 N–H and O–H groups in total. The molecule has 1 aromatic rings. The van der Waals surface area contributed by atoms with E-state index in [1.54, 1.807) is 21.3 Å². The zero-order chi connectivity index (χ0) is 15.2. The minimum Gasteiger partial charge on any atom is -0.496 e. The minimum atomic E-state index is 0. The van der Waals surface area contributed by atoms with E-state index in [0.717, 1.165) is 30.2 Å². The van der Waals surface area contributed by atoms with Crippen molar-refractivity contribution in [3.05, 3.63) is 17.7 Å². The number of hydrogen-bond donors (Lipinski definition) is 1. The van der Waals surface area contributed by atoms with Crippen molar-refractivity contribution in [2.24, 2.45) is 5.73 Å². The van der Waals surface area contributed by atoms with Crippen LogP contribution in [0.25, 0.3) is 0 Å². The highest BCUT2D eigenvalue weighted by molar-refractivity contribution is 5.85. The van der Waals surface area contributed by atoms with E-state index >= 15 is 0 Å². The molecule has 1 fully saturated rings. The summed E-state index contributed by atoms with van der Waals surface area (Å²) >= 11 is 0. The summed E-state index contributed by atoms with van der Waals surface area (Å²) in [5.74, 6) is 2.25. The lowest BCUT2D eigenvalue weighted by Gasteiger charge is -2.35. The maximum Gasteiger partial charge on any atom is 0.164 e. The van der Waals surface area contributed by atoms with Gasteiger partial charge in [-0.1, -0.05) is 6.42 Å². The summed E-state index contributed by atoms with van der Waals surface area (Å²) in [5, 5.41) is 0. The van der Waals surface area contributed by atoms with Crippen molar-refractivity contribution in [1.82, 2.24) is 4.90 Å². The first-order valence-corrected chi connectivity index (χ1v) is 7.46. The van der Waals surface area contributed by atoms with Gasteiger partial charge in [0.15, 0.2) is 11.5 Å². The van der Waals surface area contributed by atoms with E-state index in [0.29, 0.717) is 18.3 Å². The lowest BCUT2D eigenvalue weighted by Crippen LogP contribution is -2.43. The highest BCUT2D eigenvalue weighted by Crippen LogP contribution is 2.35. The third-order valence-corrected chi connectivity index (χ3v) is 4.18. The van der Waals surface area contributed by atoms with Crippen molar-refractivity contribution < 1.29 is 14.2 Å². The summed E-state index contributed by atoms with van der Waals surface area (Å²) < 4.78 is 16.2. The number of rotatable bonds is 6. The normalized spacial score (nSPS) is 18.5. The molecule has 0 saturated carbocycles. The number of nitrogens with zero attached hydrogens (tertiary/aromatic N) is 1. The first-order valence-electron chi connectivity index (χ1n) is 7.46. The van der Waals surface area contributed by atoms with Crippen LogP contribution < -0.4 is 19.9 Å². The Bertz CT molecular complexity index is 471. The molecule has 0 amide bonds. The molecule has 126 valence electrons. The van der Waals surface area contributed by atoms with Gasteiger partial charge in [-0.3, -0.25) is 4.90 Å². The molecule has 0 spiro atoms. The van der Waals surface area contributed by atoms with Crippen molar-refractivity contribution in [2.45, 2.75) is 31.8 Å². The van der Waals surface area contributed by atoms with Crippen LogP contribution in [0, 0.1) is 0 Å². The van der Waals surface area contributed by atoms with E-state index in [1.807, 2.05) is 12.1 Å². The van der Waals surface area contributed by atoms with E-state index < -0.39 is 0 Å². The predicted molar refractivity (Wildman–Crippen MR) is 90.4 cm³/mol. The maximum atomic E-state index is 5.90. The van der Waals surface area contributed by atoms with Crippen molar-refractivity contribution in [2.75, 3.05) is 34.4 Å². The van der Waals surface area contributed by atoms with Crippen LogP contribution in [0.15, 0.2) is 12.1 Å². The van der Waals surface area contributed by atoms with Gasteiger partial charge in [-0.15, -0.1) is 12.4 Å². The van der Waals surface area contributed by atoms with Crippen LogP contribution in [-0.4, -0.2) is 45.4 Å². The molecule has 0 bridgehead atoms. The Hall–Kier alpha value is -1.17. The largest absolute Gasteiger partial charge is 0.496 e. The monoisotopic (exact) mass is 330 g/mol. The predicted octanol–water partition coefficient (Wildman–Crippen LogP) is 2.45. The summed E-state index contributed by atoms with van der Waals surface area (Å²) in [6.07, 6.45) is 3.67. The molecule has 1 heterocycles. The fourth-order valence-corrected chi connectivity index (χ4v) is 2.97. The number of benzene rings is 1. The minimum absolute atomic E-state index is 0. The van der Waals surface area contributed by atoms with Crippen LogP contribution in [0.3, 0.4) is 0 Å². The highest BCUT2D eigenvalue weighted by Gasteiger charge is 2.23. The summed E-state index contributed by atoms with van der Waals surface area (Å²) in [6, 6.07) is 4.34. The summed E-state index contributed by atoms with van der Waals surface area (Å²) in [6.45, 7) is 2.61. The Labute approximate surface area is 139 Å². The standard InChI is InChI=1S/C16H26N2O3.ClH/c1-19-14-9-16(21-3)15(20-2)8-12(14)11-18-7-5-4-6-13(18)10-17;/h8-9,13H,4-7,10-11,17H2,1-3H3;1H. The number of methoxy groups -OCH3 is 3. The van der Waals surface area contributed by atoms with Crippen LogP contribution in [-0.2, 0) is 6.54 Å². The zero-order valence-corrected chi connectivity index (χ0v) is 14.4. The van der Waals surface area contributed by atoms with Crippen molar-refractivity contribution in [1.29, 1.82) is 0 Å². The second-order valence-electron chi connectivity index (χ2n) is 5.37. The molecule has 1 aliphatic rings. The van der Waals surface area contributed by atoms with E-state index in [2.05, 4.69) is 4.90 Å². The first-order chi connectivity index (χ1) is 10.2. The molecule has 6 heteroatoms. The summed E-state index contributed by atoms with van der Waals surface area (Å²) in [7, 11) is 4.96. The van der Waals surface area contributed by atoms with Gasteiger partial charge in [0.2, 0.25) is 0 Å². The van der Waals surface area contributed by atoms with Crippen LogP contribution in [0.4, 0.5) is 0 Å². The number of likely N-dealkylation sites (tertiary alicyclic amines) is 1.